The van der Waals surface area contributed by atoms with Crippen molar-refractivity contribution in [1.82, 2.24) is 14.5 Å². The molecular formula is C12H15ClN4O. The SMILES string of the molecule is COC1(Cn2c(N)nc3cc(Cl)cnc32)CCC1. The van der Waals surface area contributed by atoms with Gasteiger partial charge in [-0.15, -0.1) is 0 Å². The Morgan fingerprint density at radius 1 is 1.56 bits per heavy atom. The van der Waals surface area contributed by atoms with Gasteiger partial charge in [0.15, 0.2) is 5.65 Å². The Labute approximate surface area is 110 Å². The van der Waals surface area contributed by atoms with Crippen LogP contribution in [0.15, 0.2) is 12.3 Å². The van der Waals surface area contributed by atoms with E-state index in [1.54, 1.807) is 19.4 Å². The fourth-order valence-corrected chi connectivity index (χ4v) is 2.60. The minimum absolute atomic E-state index is 0.108. The van der Waals surface area contributed by atoms with Gasteiger partial charge in [-0.1, -0.05) is 11.6 Å². The third-order valence-electron chi connectivity index (χ3n) is 3.73. The number of methoxy groups -OCH3 is 1. The van der Waals surface area contributed by atoms with Crippen LogP contribution in [-0.4, -0.2) is 27.2 Å². The number of fused-ring (bicyclic) bond motifs is 1. The van der Waals surface area contributed by atoms with Crippen LogP contribution in [0.4, 0.5) is 5.95 Å². The molecule has 3 rings (SSSR count). The van der Waals surface area contributed by atoms with Crippen molar-refractivity contribution < 1.29 is 4.74 Å². The van der Waals surface area contributed by atoms with E-state index in [1.165, 1.54) is 6.42 Å². The van der Waals surface area contributed by atoms with Crippen molar-refractivity contribution in [2.45, 2.75) is 31.4 Å². The summed E-state index contributed by atoms with van der Waals surface area (Å²) >= 11 is 5.90. The highest BCUT2D eigenvalue weighted by Crippen LogP contribution is 2.37. The number of pyridine rings is 1. The molecule has 1 fully saturated rings. The van der Waals surface area contributed by atoms with E-state index >= 15 is 0 Å². The third kappa shape index (κ3) is 1.74. The number of hydrogen-bond acceptors (Lipinski definition) is 4. The lowest BCUT2D eigenvalue weighted by atomic mass is 9.80. The first kappa shape index (κ1) is 11.7. The molecule has 2 aromatic rings. The number of nitrogens with two attached hydrogens (primary N) is 1. The zero-order valence-corrected chi connectivity index (χ0v) is 10.9. The minimum Gasteiger partial charge on any atom is -0.376 e. The summed E-state index contributed by atoms with van der Waals surface area (Å²) in [5, 5.41) is 0.567. The monoisotopic (exact) mass is 266 g/mol. The average Bonchev–Trinajstić information content (AvgIpc) is 2.59. The smallest absolute Gasteiger partial charge is 0.202 e. The summed E-state index contributed by atoms with van der Waals surface area (Å²) in [6.45, 7) is 0.695. The lowest BCUT2D eigenvalue weighted by Gasteiger charge is -2.40. The zero-order valence-electron chi connectivity index (χ0n) is 10.2. The molecule has 2 aromatic heterocycles. The fourth-order valence-electron chi connectivity index (χ4n) is 2.45. The molecule has 0 spiro atoms. The molecular weight excluding hydrogens is 252 g/mol. The molecule has 1 aliphatic rings. The minimum atomic E-state index is -0.108. The Bertz CT molecular complexity index is 586. The van der Waals surface area contributed by atoms with E-state index in [-0.39, 0.29) is 5.60 Å². The van der Waals surface area contributed by atoms with Gasteiger partial charge < -0.3 is 10.5 Å². The molecule has 1 saturated carbocycles. The predicted molar refractivity (Wildman–Crippen MR) is 70.5 cm³/mol. The van der Waals surface area contributed by atoms with Gasteiger partial charge in [-0.2, -0.15) is 0 Å². The van der Waals surface area contributed by atoms with Gasteiger partial charge in [0, 0.05) is 13.3 Å². The number of ether oxygens (including phenoxy) is 1. The lowest BCUT2D eigenvalue weighted by Crippen LogP contribution is -2.43. The van der Waals surface area contributed by atoms with E-state index in [2.05, 4.69) is 9.97 Å². The van der Waals surface area contributed by atoms with Gasteiger partial charge in [0.25, 0.3) is 0 Å². The second-order valence-corrected chi connectivity index (χ2v) is 5.23. The Morgan fingerprint density at radius 2 is 2.33 bits per heavy atom. The van der Waals surface area contributed by atoms with Crippen LogP contribution in [0.3, 0.4) is 0 Å². The normalized spacial score (nSPS) is 17.9. The standard InChI is InChI=1S/C12H15ClN4O/c1-18-12(3-2-4-12)7-17-10-9(16-11(17)14)5-8(13)6-15-10/h5-6H,2-4,7H2,1H3,(H2,14,16). The van der Waals surface area contributed by atoms with Gasteiger partial charge >= 0.3 is 0 Å². The first-order valence-corrected chi connectivity index (χ1v) is 6.34. The van der Waals surface area contributed by atoms with Gasteiger partial charge in [-0.3, -0.25) is 4.57 Å². The highest BCUT2D eigenvalue weighted by Gasteiger charge is 2.38. The van der Waals surface area contributed by atoms with Crippen LogP contribution >= 0.6 is 11.6 Å². The van der Waals surface area contributed by atoms with Crippen LogP contribution in [0.1, 0.15) is 19.3 Å². The summed E-state index contributed by atoms with van der Waals surface area (Å²) in [6.07, 6.45) is 4.91. The summed E-state index contributed by atoms with van der Waals surface area (Å²) in [7, 11) is 1.75. The zero-order chi connectivity index (χ0) is 12.8. The maximum Gasteiger partial charge on any atom is 0.202 e. The van der Waals surface area contributed by atoms with Gasteiger partial charge in [0.05, 0.1) is 17.2 Å². The van der Waals surface area contributed by atoms with E-state index in [0.29, 0.717) is 17.5 Å². The van der Waals surface area contributed by atoms with Crippen molar-refractivity contribution in [3.63, 3.8) is 0 Å². The molecule has 0 amide bonds. The summed E-state index contributed by atoms with van der Waals surface area (Å²) < 4.78 is 7.53. The fraction of sp³-hybridized carbons (Fsp3) is 0.500. The number of anilines is 1. The van der Waals surface area contributed by atoms with Gasteiger partial charge in [0.2, 0.25) is 5.95 Å². The quantitative estimate of drug-likeness (QED) is 0.925. The third-order valence-corrected chi connectivity index (χ3v) is 3.93. The van der Waals surface area contributed by atoms with Gasteiger partial charge in [-0.25, -0.2) is 9.97 Å². The molecule has 0 aliphatic heterocycles. The predicted octanol–water partition coefficient (Wildman–Crippen LogP) is 2.24. The molecule has 5 nitrogen and oxygen atoms in total. The average molecular weight is 267 g/mol. The summed E-state index contributed by atoms with van der Waals surface area (Å²) in [6, 6.07) is 1.77. The summed E-state index contributed by atoms with van der Waals surface area (Å²) in [5.41, 5.74) is 7.34. The van der Waals surface area contributed by atoms with E-state index in [9.17, 15) is 0 Å². The van der Waals surface area contributed by atoms with E-state index in [4.69, 9.17) is 22.1 Å². The van der Waals surface area contributed by atoms with Crippen molar-refractivity contribution in [2.75, 3.05) is 12.8 Å². The summed E-state index contributed by atoms with van der Waals surface area (Å²) in [5.74, 6) is 0.461. The van der Waals surface area contributed by atoms with Crippen molar-refractivity contribution in [1.29, 1.82) is 0 Å². The van der Waals surface area contributed by atoms with Crippen molar-refractivity contribution >= 4 is 28.7 Å². The van der Waals surface area contributed by atoms with E-state index in [1.807, 2.05) is 4.57 Å². The van der Waals surface area contributed by atoms with Crippen molar-refractivity contribution in [3.05, 3.63) is 17.3 Å². The highest BCUT2D eigenvalue weighted by molar-refractivity contribution is 6.31. The second-order valence-electron chi connectivity index (χ2n) is 4.79. The van der Waals surface area contributed by atoms with Crippen LogP contribution < -0.4 is 5.73 Å². The molecule has 0 unspecified atom stereocenters. The molecule has 0 aromatic carbocycles. The molecule has 0 atom stereocenters. The lowest BCUT2D eigenvalue weighted by molar-refractivity contribution is -0.0825. The molecule has 18 heavy (non-hydrogen) atoms. The number of imidazole rings is 1. The van der Waals surface area contributed by atoms with Crippen LogP contribution in [0, 0.1) is 0 Å². The molecule has 0 saturated heterocycles. The number of aromatic nitrogens is 3. The second kappa shape index (κ2) is 4.10. The molecule has 96 valence electrons. The number of nitrogen functional groups attached to an aromatic ring is 1. The largest absolute Gasteiger partial charge is 0.376 e. The maximum atomic E-state index is 5.96. The Hall–Kier alpha value is -1.33. The van der Waals surface area contributed by atoms with Gasteiger partial charge in [0.1, 0.15) is 5.52 Å². The Balaban J connectivity index is 2.03. The highest BCUT2D eigenvalue weighted by atomic mass is 35.5. The van der Waals surface area contributed by atoms with Crippen LogP contribution in [0.2, 0.25) is 5.02 Å². The van der Waals surface area contributed by atoms with Crippen LogP contribution in [-0.2, 0) is 11.3 Å². The first-order valence-electron chi connectivity index (χ1n) is 5.96. The van der Waals surface area contributed by atoms with E-state index in [0.717, 1.165) is 24.0 Å². The van der Waals surface area contributed by atoms with Crippen LogP contribution in [0.25, 0.3) is 11.2 Å². The van der Waals surface area contributed by atoms with Crippen molar-refractivity contribution in [2.24, 2.45) is 0 Å². The molecule has 2 N–H and O–H groups in total. The molecule has 1 aliphatic carbocycles. The first-order chi connectivity index (χ1) is 8.63. The maximum absolute atomic E-state index is 5.96. The molecule has 6 heteroatoms. The molecule has 0 bridgehead atoms. The Kier molecular flexibility index (Phi) is 2.68. The number of halogens is 1. The number of hydrogen-bond donors (Lipinski definition) is 1. The topological polar surface area (TPSA) is 66.0 Å². The molecule has 0 radical (unpaired) electrons. The van der Waals surface area contributed by atoms with Crippen molar-refractivity contribution in [3.8, 4) is 0 Å². The number of nitrogens with zero attached hydrogens (tertiary/aromatic N) is 3. The molecule has 2 heterocycles. The Morgan fingerprint density at radius 3 is 2.94 bits per heavy atom. The van der Waals surface area contributed by atoms with Gasteiger partial charge in [-0.05, 0) is 25.3 Å². The summed E-state index contributed by atoms with van der Waals surface area (Å²) in [4.78, 5) is 8.60. The van der Waals surface area contributed by atoms with Crippen LogP contribution in [0.5, 0.6) is 0 Å². The number of rotatable bonds is 3. The van der Waals surface area contributed by atoms with E-state index < -0.39 is 0 Å².